The maximum absolute atomic E-state index is 15.1. The van der Waals surface area contributed by atoms with Gasteiger partial charge >= 0.3 is 6.09 Å². The third-order valence-corrected chi connectivity index (χ3v) is 7.11. The summed E-state index contributed by atoms with van der Waals surface area (Å²) < 4.78 is 22.1. The van der Waals surface area contributed by atoms with Gasteiger partial charge in [0.05, 0.1) is 30.7 Å². The van der Waals surface area contributed by atoms with Crippen LogP contribution in [0.15, 0.2) is 54.1 Å². The minimum absolute atomic E-state index is 0.286. The maximum atomic E-state index is 15.1. The van der Waals surface area contributed by atoms with E-state index in [4.69, 9.17) is 9.57 Å². The molecule has 11 heteroatoms. The van der Waals surface area contributed by atoms with E-state index in [0.29, 0.717) is 41.2 Å². The monoisotopic (exact) mass is 492 g/mol. The number of carbonyl (C=O) groups is 1. The van der Waals surface area contributed by atoms with E-state index in [0.717, 1.165) is 25.7 Å². The zero-order valence-electron chi connectivity index (χ0n) is 19.5. The first-order valence-electron chi connectivity index (χ1n) is 12.0. The third kappa shape index (κ3) is 4.19. The first kappa shape index (κ1) is 22.6. The smallest absolute Gasteiger partial charge is 0.414 e. The first-order chi connectivity index (χ1) is 17.5. The van der Waals surface area contributed by atoms with Crippen LogP contribution < -0.4 is 4.90 Å². The SMILES string of the molecule is O=C1O[C@@H](Cn2ccnn2)CN1c1ccc(-c2ccc(C3=NOC(C4(O)CCCC4)C3)nc2)c(F)c1. The molecule has 1 amide bonds. The number of cyclic esters (lactones) is 1. The number of ether oxygens (including phenoxy) is 1. The van der Waals surface area contributed by atoms with Gasteiger partial charge in [0.2, 0.25) is 0 Å². The van der Waals surface area contributed by atoms with Crippen molar-refractivity contribution in [3.63, 3.8) is 0 Å². The third-order valence-electron chi connectivity index (χ3n) is 7.11. The van der Waals surface area contributed by atoms with E-state index in [1.807, 2.05) is 0 Å². The number of anilines is 1. The number of carbonyl (C=O) groups excluding carboxylic acids is 1. The molecule has 36 heavy (non-hydrogen) atoms. The van der Waals surface area contributed by atoms with Crippen LogP contribution in [-0.4, -0.2) is 61.2 Å². The fourth-order valence-electron chi connectivity index (χ4n) is 5.12. The standard InChI is InChI=1S/C25H25FN6O4/c26-20-11-17(32-15-18(35-24(32)33)14-31-10-9-28-30-31)4-5-19(20)16-3-6-21(27-13-16)22-12-23(36-29-22)25(34)7-1-2-8-25/h3-6,9-11,13,18,23,34H,1-2,7-8,12,14-15H2/t18-,23?/m0/s1. The zero-order valence-corrected chi connectivity index (χ0v) is 19.5. The van der Waals surface area contributed by atoms with Crippen LogP contribution >= 0.6 is 0 Å². The predicted molar refractivity (Wildman–Crippen MR) is 127 cm³/mol. The second-order valence-electron chi connectivity index (χ2n) is 9.48. The number of aliphatic hydroxyl groups is 1. The van der Waals surface area contributed by atoms with Gasteiger partial charge in [-0.15, -0.1) is 5.10 Å². The summed E-state index contributed by atoms with van der Waals surface area (Å²) in [7, 11) is 0. The molecule has 2 fully saturated rings. The van der Waals surface area contributed by atoms with Crippen molar-refractivity contribution in [3.8, 4) is 11.1 Å². The van der Waals surface area contributed by atoms with Gasteiger partial charge in [0.1, 0.15) is 23.2 Å². The summed E-state index contributed by atoms with van der Waals surface area (Å²) in [4.78, 5) is 23.8. The molecule has 3 aliphatic rings. The van der Waals surface area contributed by atoms with Gasteiger partial charge in [0, 0.05) is 29.9 Å². The Morgan fingerprint density at radius 3 is 2.78 bits per heavy atom. The number of nitrogens with zero attached hydrogens (tertiary/aromatic N) is 6. The Kier molecular flexibility index (Phi) is 5.63. The van der Waals surface area contributed by atoms with Crippen LogP contribution in [0, 0.1) is 5.82 Å². The summed E-state index contributed by atoms with van der Waals surface area (Å²) in [6.07, 6.45) is 7.46. The van der Waals surface area contributed by atoms with E-state index in [-0.39, 0.29) is 12.6 Å². The molecule has 1 unspecified atom stereocenters. The number of hydrogen-bond acceptors (Lipinski definition) is 8. The molecule has 2 aliphatic heterocycles. The van der Waals surface area contributed by atoms with Crippen LogP contribution in [0.2, 0.25) is 0 Å². The molecular weight excluding hydrogens is 467 g/mol. The zero-order chi connectivity index (χ0) is 24.7. The van der Waals surface area contributed by atoms with Crippen LogP contribution in [0.1, 0.15) is 37.8 Å². The summed E-state index contributed by atoms with van der Waals surface area (Å²) in [5.41, 5.74) is 1.87. The normalized spacial score (nSPS) is 23.0. The van der Waals surface area contributed by atoms with Crippen molar-refractivity contribution >= 4 is 17.5 Å². The second kappa shape index (κ2) is 8.98. The average molecular weight is 493 g/mol. The van der Waals surface area contributed by atoms with Crippen LogP contribution in [-0.2, 0) is 16.1 Å². The largest absolute Gasteiger partial charge is 0.442 e. The number of amides is 1. The molecule has 6 rings (SSSR count). The lowest BCUT2D eigenvalue weighted by molar-refractivity contribution is -0.0905. The molecule has 1 aliphatic carbocycles. The predicted octanol–water partition coefficient (Wildman–Crippen LogP) is 3.30. The number of pyridine rings is 1. The first-order valence-corrected chi connectivity index (χ1v) is 12.0. The minimum atomic E-state index is -0.825. The lowest BCUT2D eigenvalue weighted by atomic mass is 9.91. The van der Waals surface area contributed by atoms with Gasteiger partial charge in [-0.3, -0.25) is 9.88 Å². The Morgan fingerprint density at radius 1 is 1.19 bits per heavy atom. The summed E-state index contributed by atoms with van der Waals surface area (Å²) in [6.45, 7) is 0.658. The maximum Gasteiger partial charge on any atom is 0.414 e. The average Bonchev–Trinajstić information content (AvgIpc) is 3.68. The molecule has 1 N–H and O–H groups in total. The Hall–Kier alpha value is -3.86. The molecule has 0 spiro atoms. The molecule has 1 aromatic carbocycles. The van der Waals surface area contributed by atoms with E-state index < -0.39 is 23.6 Å². The molecular formula is C25H25FN6O4. The lowest BCUT2D eigenvalue weighted by Gasteiger charge is -2.26. The highest BCUT2D eigenvalue weighted by molar-refractivity contribution is 6.00. The van der Waals surface area contributed by atoms with Crippen molar-refractivity contribution in [2.45, 2.75) is 56.5 Å². The molecule has 2 aromatic heterocycles. The Bertz CT molecular complexity index is 1290. The molecule has 186 valence electrons. The van der Waals surface area contributed by atoms with Crippen LogP contribution in [0.5, 0.6) is 0 Å². The van der Waals surface area contributed by atoms with Crippen molar-refractivity contribution in [2.24, 2.45) is 5.16 Å². The summed E-state index contributed by atoms with van der Waals surface area (Å²) in [5.74, 6) is -0.473. The van der Waals surface area contributed by atoms with E-state index >= 15 is 4.39 Å². The van der Waals surface area contributed by atoms with Gasteiger partial charge in [-0.05, 0) is 37.1 Å². The molecule has 3 aromatic rings. The number of aromatic nitrogens is 4. The molecule has 1 saturated heterocycles. The number of rotatable bonds is 6. The van der Waals surface area contributed by atoms with Gasteiger partial charge in [0.25, 0.3) is 0 Å². The van der Waals surface area contributed by atoms with Crippen molar-refractivity contribution in [2.75, 3.05) is 11.4 Å². The number of halogens is 1. The number of oxime groups is 1. The van der Waals surface area contributed by atoms with Crippen LogP contribution in [0.25, 0.3) is 11.1 Å². The van der Waals surface area contributed by atoms with Gasteiger partial charge in [0.15, 0.2) is 6.10 Å². The fourth-order valence-corrected chi connectivity index (χ4v) is 5.12. The van der Waals surface area contributed by atoms with E-state index in [1.54, 1.807) is 47.5 Å². The van der Waals surface area contributed by atoms with Gasteiger partial charge in [-0.2, -0.15) is 0 Å². The van der Waals surface area contributed by atoms with Gasteiger partial charge < -0.3 is 14.7 Å². The van der Waals surface area contributed by atoms with Gasteiger partial charge in [-0.25, -0.2) is 13.9 Å². The van der Waals surface area contributed by atoms with Crippen molar-refractivity contribution < 1.29 is 23.9 Å². The van der Waals surface area contributed by atoms with E-state index in [1.165, 1.54) is 11.0 Å². The van der Waals surface area contributed by atoms with Crippen molar-refractivity contribution in [3.05, 3.63) is 60.4 Å². The molecule has 0 bridgehead atoms. The molecule has 2 atom stereocenters. The summed E-state index contributed by atoms with van der Waals surface area (Å²) >= 11 is 0. The fraction of sp³-hybridized carbons (Fsp3) is 0.400. The van der Waals surface area contributed by atoms with E-state index in [2.05, 4.69) is 20.5 Å². The van der Waals surface area contributed by atoms with E-state index in [9.17, 15) is 9.90 Å². The number of hydrogen-bond donors (Lipinski definition) is 1. The highest BCUT2D eigenvalue weighted by atomic mass is 19.1. The second-order valence-corrected chi connectivity index (χ2v) is 9.48. The highest BCUT2D eigenvalue weighted by Crippen LogP contribution is 2.38. The van der Waals surface area contributed by atoms with Gasteiger partial charge in [-0.1, -0.05) is 29.3 Å². The van der Waals surface area contributed by atoms with Crippen LogP contribution in [0.3, 0.4) is 0 Å². The molecule has 1 saturated carbocycles. The van der Waals surface area contributed by atoms with Crippen molar-refractivity contribution in [1.82, 2.24) is 20.0 Å². The highest BCUT2D eigenvalue weighted by Gasteiger charge is 2.44. The summed E-state index contributed by atoms with van der Waals surface area (Å²) in [6, 6.07) is 8.19. The molecule has 0 radical (unpaired) electrons. The Morgan fingerprint density at radius 2 is 2.06 bits per heavy atom. The lowest BCUT2D eigenvalue weighted by Crippen LogP contribution is -2.39. The number of benzene rings is 1. The molecule has 10 nitrogen and oxygen atoms in total. The minimum Gasteiger partial charge on any atom is -0.442 e. The quantitative estimate of drug-likeness (QED) is 0.561. The van der Waals surface area contributed by atoms with Crippen LogP contribution in [0.4, 0.5) is 14.9 Å². The topological polar surface area (TPSA) is 115 Å². The Balaban J connectivity index is 1.13. The van der Waals surface area contributed by atoms with Crippen molar-refractivity contribution in [1.29, 1.82) is 0 Å². The Labute approximate surface area is 206 Å². The molecule has 4 heterocycles. The summed E-state index contributed by atoms with van der Waals surface area (Å²) in [5, 5.41) is 22.5.